The number of nitrogen functional groups attached to an aromatic ring is 1. The third kappa shape index (κ3) is 2.69. The molecule has 0 fully saturated rings. The van der Waals surface area contributed by atoms with Crippen LogP contribution < -0.4 is 11.1 Å². The molecule has 0 bridgehead atoms. The summed E-state index contributed by atoms with van der Waals surface area (Å²) in [5.74, 6) is 0.783. The highest BCUT2D eigenvalue weighted by molar-refractivity contribution is 9.10. The van der Waals surface area contributed by atoms with Crippen molar-refractivity contribution in [1.82, 2.24) is 4.98 Å². The van der Waals surface area contributed by atoms with Gasteiger partial charge in [-0.15, -0.1) is 0 Å². The van der Waals surface area contributed by atoms with E-state index >= 15 is 0 Å². The first-order valence-electron chi connectivity index (χ1n) is 5.88. The Morgan fingerprint density at radius 2 is 1.74 bits per heavy atom. The molecule has 0 radical (unpaired) electrons. The Morgan fingerprint density at radius 1 is 0.947 bits per heavy atom. The van der Waals surface area contributed by atoms with E-state index < -0.39 is 0 Å². The van der Waals surface area contributed by atoms with Crippen LogP contribution in [-0.4, -0.2) is 4.98 Å². The van der Waals surface area contributed by atoms with Crippen molar-refractivity contribution in [1.29, 1.82) is 0 Å². The quantitative estimate of drug-likeness (QED) is 0.740. The topological polar surface area (TPSA) is 50.9 Å². The zero-order valence-electron chi connectivity index (χ0n) is 10.1. The standard InChI is InChI=1S/C15H12BrN3/c16-12-3-1-11-8-14(5-2-10(11)7-12)19-15-6-4-13(17)9-18-15/h1-9H,17H2,(H,18,19). The predicted molar refractivity (Wildman–Crippen MR) is 83.6 cm³/mol. The molecule has 0 amide bonds. The summed E-state index contributed by atoms with van der Waals surface area (Å²) in [6, 6.07) is 16.1. The number of nitrogens with one attached hydrogen (secondary N) is 1. The fourth-order valence-electron chi connectivity index (χ4n) is 1.92. The molecule has 0 unspecified atom stereocenters. The maximum absolute atomic E-state index is 5.61. The van der Waals surface area contributed by atoms with Crippen LogP contribution in [0, 0.1) is 0 Å². The number of aromatic nitrogens is 1. The van der Waals surface area contributed by atoms with Gasteiger partial charge in [-0.2, -0.15) is 0 Å². The lowest BCUT2D eigenvalue weighted by molar-refractivity contribution is 1.31. The SMILES string of the molecule is Nc1ccc(Nc2ccc3cc(Br)ccc3c2)nc1. The van der Waals surface area contributed by atoms with Crippen molar-refractivity contribution in [3.63, 3.8) is 0 Å². The second-order valence-electron chi connectivity index (χ2n) is 4.31. The summed E-state index contributed by atoms with van der Waals surface area (Å²) in [6.45, 7) is 0. The van der Waals surface area contributed by atoms with Crippen LogP contribution in [0.25, 0.3) is 10.8 Å². The molecule has 19 heavy (non-hydrogen) atoms. The third-order valence-electron chi connectivity index (χ3n) is 2.86. The van der Waals surface area contributed by atoms with Crippen molar-refractivity contribution in [2.24, 2.45) is 0 Å². The number of rotatable bonds is 2. The molecule has 0 aliphatic rings. The molecule has 4 heteroatoms. The number of fused-ring (bicyclic) bond motifs is 1. The second-order valence-corrected chi connectivity index (χ2v) is 5.22. The van der Waals surface area contributed by atoms with E-state index in [0.29, 0.717) is 5.69 Å². The summed E-state index contributed by atoms with van der Waals surface area (Å²) in [6.07, 6.45) is 1.64. The molecular formula is C15H12BrN3. The minimum absolute atomic E-state index is 0.661. The lowest BCUT2D eigenvalue weighted by Gasteiger charge is -2.07. The number of anilines is 3. The number of pyridine rings is 1. The van der Waals surface area contributed by atoms with Gasteiger partial charge in [0.1, 0.15) is 5.82 Å². The molecule has 0 atom stereocenters. The minimum Gasteiger partial charge on any atom is -0.397 e. The largest absolute Gasteiger partial charge is 0.397 e. The molecule has 3 N–H and O–H groups in total. The van der Waals surface area contributed by atoms with Gasteiger partial charge in [0.15, 0.2) is 0 Å². The molecule has 1 aromatic heterocycles. The summed E-state index contributed by atoms with van der Waals surface area (Å²) in [5.41, 5.74) is 7.28. The monoisotopic (exact) mass is 313 g/mol. The Bertz CT molecular complexity index is 723. The lowest BCUT2D eigenvalue weighted by atomic mass is 10.1. The van der Waals surface area contributed by atoms with Gasteiger partial charge in [0.2, 0.25) is 0 Å². The van der Waals surface area contributed by atoms with Crippen LogP contribution in [0.5, 0.6) is 0 Å². The fourth-order valence-corrected chi connectivity index (χ4v) is 2.30. The van der Waals surface area contributed by atoms with Crippen molar-refractivity contribution in [2.45, 2.75) is 0 Å². The summed E-state index contributed by atoms with van der Waals surface area (Å²) in [7, 11) is 0. The first-order valence-corrected chi connectivity index (χ1v) is 6.68. The Hall–Kier alpha value is -2.07. The van der Waals surface area contributed by atoms with Crippen LogP contribution >= 0.6 is 15.9 Å². The summed E-state index contributed by atoms with van der Waals surface area (Å²) >= 11 is 3.47. The molecule has 0 spiro atoms. The number of nitrogens with zero attached hydrogens (tertiary/aromatic N) is 1. The maximum Gasteiger partial charge on any atom is 0.130 e. The average molecular weight is 314 g/mol. The van der Waals surface area contributed by atoms with Gasteiger partial charge in [0.05, 0.1) is 11.9 Å². The van der Waals surface area contributed by atoms with E-state index in [4.69, 9.17) is 5.73 Å². The van der Waals surface area contributed by atoms with Gasteiger partial charge >= 0.3 is 0 Å². The van der Waals surface area contributed by atoms with Crippen LogP contribution in [0.2, 0.25) is 0 Å². The van der Waals surface area contributed by atoms with Gasteiger partial charge in [0.25, 0.3) is 0 Å². The van der Waals surface area contributed by atoms with Gasteiger partial charge in [-0.1, -0.05) is 28.1 Å². The smallest absolute Gasteiger partial charge is 0.130 e. The highest BCUT2D eigenvalue weighted by atomic mass is 79.9. The number of benzene rings is 2. The van der Waals surface area contributed by atoms with E-state index in [1.165, 1.54) is 10.8 Å². The van der Waals surface area contributed by atoms with E-state index in [9.17, 15) is 0 Å². The van der Waals surface area contributed by atoms with Crippen molar-refractivity contribution < 1.29 is 0 Å². The van der Waals surface area contributed by atoms with Crippen LogP contribution in [0.1, 0.15) is 0 Å². The van der Waals surface area contributed by atoms with Crippen molar-refractivity contribution in [3.8, 4) is 0 Å². The van der Waals surface area contributed by atoms with Crippen LogP contribution in [0.4, 0.5) is 17.2 Å². The zero-order chi connectivity index (χ0) is 13.2. The second kappa shape index (κ2) is 4.90. The Morgan fingerprint density at radius 3 is 2.53 bits per heavy atom. The maximum atomic E-state index is 5.61. The highest BCUT2D eigenvalue weighted by Crippen LogP contribution is 2.24. The summed E-state index contributed by atoms with van der Waals surface area (Å²) in [4.78, 5) is 4.22. The van der Waals surface area contributed by atoms with E-state index in [-0.39, 0.29) is 0 Å². The molecule has 1 heterocycles. The highest BCUT2D eigenvalue weighted by Gasteiger charge is 1.99. The lowest BCUT2D eigenvalue weighted by Crippen LogP contribution is -1.94. The van der Waals surface area contributed by atoms with Crippen molar-refractivity contribution >= 4 is 43.9 Å². The number of nitrogens with two attached hydrogens (primary N) is 1. The van der Waals surface area contributed by atoms with E-state index in [2.05, 4.69) is 50.5 Å². The predicted octanol–water partition coefficient (Wildman–Crippen LogP) is 4.32. The van der Waals surface area contributed by atoms with E-state index in [1.54, 1.807) is 6.20 Å². The van der Waals surface area contributed by atoms with Crippen LogP contribution in [0.15, 0.2) is 59.2 Å². The Kier molecular flexibility index (Phi) is 3.09. The van der Waals surface area contributed by atoms with Crippen molar-refractivity contribution in [2.75, 3.05) is 11.1 Å². The molecule has 3 rings (SSSR count). The molecule has 3 nitrogen and oxygen atoms in total. The van der Waals surface area contributed by atoms with Gasteiger partial charge < -0.3 is 11.1 Å². The molecular weight excluding hydrogens is 302 g/mol. The van der Waals surface area contributed by atoms with Crippen LogP contribution in [0.3, 0.4) is 0 Å². The molecule has 94 valence electrons. The molecule has 2 aromatic carbocycles. The number of hydrogen-bond donors (Lipinski definition) is 2. The molecule has 0 saturated carbocycles. The van der Waals surface area contributed by atoms with E-state index in [0.717, 1.165) is 16.0 Å². The molecule has 0 saturated heterocycles. The Balaban J connectivity index is 1.93. The minimum atomic E-state index is 0.661. The normalized spacial score (nSPS) is 10.6. The first kappa shape index (κ1) is 12.0. The van der Waals surface area contributed by atoms with Crippen molar-refractivity contribution in [3.05, 3.63) is 59.2 Å². The van der Waals surface area contributed by atoms with Crippen LogP contribution in [-0.2, 0) is 0 Å². The zero-order valence-corrected chi connectivity index (χ0v) is 11.7. The number of hydrogen-bond acceptors (Lipinski definition) is 3. The molecule has 0 aliphatic carbocycles. The summed E-state index contributed by atoms with van der Waals surface area (Å²) in [5, 5.41) is 5.64. The van der Waals surface area contributed by atoms with Gasteiger partial charge in [0, 0.05) is 10.2 Å². The van der Waals surface area contributed by atoms with E-state index in [1.807, 2.05) is 24.3 Å². The molecule has 0 aliphatic heterocycles. The Labute approximate surface area is 119 Å². The van der Waals surface area contributed by atoms with Gasteiger partial charge in [-0.25, -0.2) is 4.98 Å². The average Bonchev–Trinajstić information content (AvgIpc) is 2.42. The number of halogens is 1. The molecule has 3 aromatic rings. The fraction of sp³-hybridized carbons (Fsp3) is 0. The third-order valence-corrected chi connectivity index (χ3v) is 3.35. The summed E-state index contributed by atoms with van der Waals surface area (Å²) < 4.78 is 1.08. The van der Waals surface area contributed by atoms with Gasteiger partial charge in [-0.3, -0.25) is 0 Å². The first-order chi connectivity index (χ1) is 9.20. The van der Waals surface area contributed by atoms with Gasteiger partial charge in [-0.05, 0) is 47.2 Å².